The van der Waals surface area contributed by atoms with Gasteiger partial charge in [-0.1, -0.05) is 29.5 Å². The molecule has 0 spiro atoms. The maximum absolute atomic E-state index is 13.2. The van der Waals surface area contributed by atoms with Crippen molar-refractivity contribution in [2.45, 2.75) is 25.4 Å². The molecule has 0 aliphatic carbocycles. The fraction of sp³-hybridized carbons (Fsp3) is 0.389. The maximum atomic E-state index is 13.2. The first-order valence-electron chi connectivity index (χ1n) is 8.66. The highest BCUT2D eigenvalue weighted by Crippen LogP contribution is 2.35. The van der Waals surface area contributed by atoms with Crippen LogP contribution in [0.1, 0.15) is 24.0 Å². The predicted octanol–water partition coefficient (Wildman–Crippen LogP) is 3.86. The van der Waals surface area contributed by atoms with Gasteiger partial charge in [0, 0.05) is 13.1 Å². The Hall–Kier alpha value is -2.42. The molecule has 3 aromatic rings. The van der Waals surface area contributed by atoms with Crippen molar-refractivity contribution in [3.63, 3.8) is 0 Å². The average Bonchev–Trinajstić information content (AvgIpc) is 3.08. The molecule has 1 fully saturated rings. The number of anilines is 1. The Labute approximate surface area is 156 Å². The Morgan fingerprint density at radius 1 is 1.22 bits per heavy atom. The fourth-order valence-electron chi connectivity index (χ4n) is 3.50. The van der Waals surface area contributed by atoms with Gasteiger partial charge in [-0.25, -0.2) is 4.98 Å². The fourth-order valence-corrected chi connectivity index (χ4v) is 4.47. The number of rotatable bonds is 3. The lowest BCUT2D eigenvalue weighted by Gasteiger charge is -2.32. The van der Waals surface area contributed by atoms with Gasteiger partial charge in [0.15, 0.2) is 10.8 Å². The van der Waals surface area contributed by atoms with Gasteiger partial charge in [0.05, 0.1) is 11.9 Å². The summed E-state index contributed by atoms with van der Waals surface area (Å²) in [5.74, 6) is 0.195. The molecule has 3 heterocycles. The molecule has 27 heavy (non-hydrogen) atoms. The zero-order valence-corrected chi connectivity index (χ0v) is 15.1. The van der Waals surface area contributed by atoms with Crippen molar-refractivity contribution >= 4 is 26.8 Å². The van der Waals surface area contributed by atoms with Gasteiger partial charge in [0.25, 0.3) is 5.56 Å². The first-order valence-corrected chi connectivity index (χ1v) is 9.48. The van der Waals surface area contributed by atoms with Crippen molar-refractivity contribution in [3.8, 4) is 0 Å². The SMILES string of the molecule is O=c1[nH]cnc2nc(N3CCC(Cc4ccccc4C(F)(F)F)CC3)sc12. The van der Waals surface area contributed by atoms with Crippen LogP contribution < -0.4 is 10.5 Å². The van der Waals surface area contributed by atoms with E-state index in [0.717, 1.165) is 24.0 Å². The minimum absolute atomic E-state index is 0.195. The van der Waals surface area contributed by atoms with Crippen LogP contribution in [0.4, 0.5) is 18.3 Å². The summed E-state index contributed by atoms with van der Waals surface area (Å²) >= 11 is 1.30. The zero-order chi connectivity index (χ0) is 19.0. The number of fused-ring (bicyclic) bond motifs is 1. The number of H-pyrrole nitrogens is 1. The second-order valence-corrected chi connectivity index (χ2v) is 7.65. The Kier molecular flexibility index (Phi) is 4.63. The molecule has 9 heteroatoms. The van der Waals surface area contributed by atoms with E-state index in [4.69, 9.17) is 0 Å². The highest BCUT2D eigenvalue weighted by atomic mass is 32.1. The molecule has 0 amide bonds. The molecule has 1 aliphatic heterocycles. The Morgan fingerprint density at radius 3 is 2.67 bits per heavy atom. The number of halogens is 3. The summed E-state index contributed by atoms with van der Waals surface area (Å²) in [6.45, 7) is 1.41. The molecular formula is C18H17F3N4OS. The molecule has 2 aromatic heterocycles. The normalized spacial score (nSPS) is 16.2. The number of alkyl halides is 3. The summed E-state index contributed by atoms with van der Waals surface area (Å²) in [5.41, 5.74) is 0.0467. The van der Waals surface area contributed by atoms with Crippen molar-refractivity contribution in [1.82, 2.24) is 15.0 Å². The van der Waals surface area contributed by atoms with Gasteiger partial charge in [-0.15, -0.1) is 0 Å². The number of nitrogens with one attached hydrogen (secondary N) is 1. The van der Waals surface area contributed by atoms with E-state index in [9.17, 15) is 18.0 Å². The minimum Gasteiger partial charge on any atom is -0.348 e. The number of benzene rings is 1. The van der Waals surface area contributed by atoms with Gasteiger partial charge in [-0.2, -0.15) is 18.2 Å². The third kappa shape index (κ3) is 3.69. The average molecular weight is 394 g/mol. The Morgan fingerprint density at radius 2 is 1.96 bits per heavy atom. The number of hydrogen-bond acceptors (Lipinski definition) is 5. The van der Waals surface area contributed by atoms with Gasteiger partial charge in [0.1, 0.15) is 4.70 Å². The third-order valence-corrected chi connectivity index (χ3v) is 6.01. The van der Waals surface area contributed by atoms with Crippen LogP contribution in [0.3, 0.4) is 0 Å². The van der Waals surface area contributed by atoms with Crippen LogP contribution in [0.15, 0.2) is 35.4 Å². The van der Waals surface area contributed by atoms with Crippen LogP contribution in [-0.2, 0) is 12.6 Å². The van der Waals surface area contributed by atoms with Crippen LogP contribution >= 0.6 is 11.3 Å². The quantitative estimate of drug-likeness (QED) is 0.733. The molecule has 1 saturated heterocycles. The molecule has 0 saturated carbocycles. The highest BCUT2D eigenvalue weighted by molar-refractivity contribution is 7.22. The molecule has 1 N–H and O–H groups in total. The van der Waals surface area contributed by atoms with E-state index in [1.54, 1.807) is 12.1 Å². The van der Waals surface area contributed by atoms with Crippen LogP contribution in [0.25, 0.3) is 10.3 Å². The minimum atomic E-state index is -4.32. The molecule has 1 aliphatic rings. The van der Waals surface area contributed by atoms with Crippen LogP contribution in [0, 0.1) is 5.92 Å². The molecule has 0 unspecified atom stereocenters. The number of piperidine rings is 1. The van der Waals surface area contributed by atoms with Crippen LogP contribution in [-0.4, -0.2) is 28.0 Å². The van der Waals surface area contributed by atoms with Gasteiger partial charge < -0.3 is 9.88 Å². The van der Waals surface area contributed by atoms with E-state index < -0.39 is 11.7 Å². The van der Waals surface area contributed by atoms with Crippen molar-refractivity contribution in [3.05, 3.63) is 52.1 Å². The molecule has 5 nitrogen and oxygen atoms in total. The zero-order valence-electron chi connectivity index (χ0n) is 14.3. The van der Waals surface area contributed by atoms with E-state index in [0.29, 0.717) is 35.4 Å². The number of nitrogens with zero attached hydrogens (tertiary/aromatic N) is 3. The summed E-state index contributed by atoms with van der Waals surface area (Å²) in [5, 5.41) is 0.739. The summed E-state index contributed by atoms with van der Waals surface area (Å²) < 4.78 is 40.0. The summed E-state index contributed by atoms with van der Waals surface area (Å²) in [7, 11) is 0. The van der Waals surface area contributed by atoms with E-state index in [-0.39, 0.29) is 11.5 Å². The van der Waals surface area contributed by atoms with Crippen molar-refractivity contribution in [1.29, 1.82) is 0 Å². The van der Waals surface area contributed by atoms with Crippen molar-refractivity contribution in [2.75, 3.05) is 18.0 Å². The monoisotopic (exact) mass is 394 g/mol. The predicted molar refractivity (Wildman–Crippen MR) is 98.1 cm³/mol. The third-order valence-electron chi connectivity index (χ3n) is 4.90. The second kappa shape index (κ2) is 6.95. The summed E-state index contributed by atoms with van der Waals surface area (Å²) in [6, 6.07) is 5.81. The topological polar surface area (TPSA) is 61.9 Å². The smallest absolute Gasteiger partial charge is 0.348 e. The lowest BCUT2D eigenvalue weighted by molar-refractivity contribution is -0.138. The molecule has 0 bridgehead atoms. The lowest BCUT2D eigenvalue weighted by Crippen LogP contribution is -2.34. The van der Waals surface area contributed by atoms with E-state index in [2.05, 4.69) is 19.9 Å². The molecule has 0 atom stereocenters. The summed E-state index contributed by atoms with van der Waals surface area (Å²) in [4.78, 5) is 24.9. The van der Waals surface area contributed by atoms with E-state index >= 15 is 0 Å². The maximum Gasteiger partial charge on any atom is 0.416 e. The van der Waals surface area contributed by atoms with Gasteiger partial charge in [-0.3, -0.25) is 4.79 Å². The largest absolute Gasteiger partial charge is 0.416 e. The molecule has 0 radical (unpaired) electrons. The molecular weight excluding hydrogens is 377 g/mol. The van der Waals surface area contributed by atoms with Crippen molar-refractivity contribution < 1.29 is 13.2 Å². The summed E-state index contributed by atoms with van der Waals surface area (Å²) in [6.07, 6.45) is -1.00. The lowest BCUT2D eigenvalue weighted by atomic mass is 9.88. The first kappa shape index (κ1) is 18.0. The van der Waals surface area contributed by atoms with Crippen molar-refractivity contribution in [2.24, 2.45) is 5.92 Å². The van der Waals surface area contributed by atoms with Crippen LogP contribution in [0.5, 0.6) is 0 Å². The number of thiazole rings is 1. The Balaban J connectivity index is 1.45. The second-order valence-electron chi connectivity index (χ2n) is 6.67. The number of aromatic amines is 1. The van der Waals surface area contributed by atoms with Gasteiger partial charge >= 0.3 is 6.18 Å². The highest BCUT2D eigenvalue weighted by Gasteiger charge is 2.33. The molecule has 4 rings (SSSR count). The first-order chi connectivity index (χ1) is 12.9. The van der Waals surface area contributed by atoms with E-state index in [1.807, 2.05) is 0 Å². The number of aromatic nitrogens is 3. The standard InChI is InChI=1S/C18H17F3N4OS/c19-18(20,21)13-4-2-1-3-12(13)9-11-5-7-25(8-6-11)17-24-15-14(27-17)16(26)23-10-22-15/h1-4,10-11H,5-9H2,(H,22,23,26). The molecule has 1 aromatic carbocycles. The number of hydrogen-bond donors (Lipinski definition) is 1. The Bertz CT molecular complexity index is 1010. The van der Waals surface area contributed by atoms with E-state index in [1.165, 1.54) is 23.7 Å². The van der Waals surface area contributed by atoms with Gasteiger partial charge in [-0.05, 0) is 36.8 Å². The van der Waals surface area contributed by atoms with Gasteiger partial charge in [0.2, 0.25) is 0 Å². The molecule has 142 valence electrons. The van der Waals surface area contributed by atoms with Crippen LogP contribution in [0.2, 0.25) is 0 Å².